The lowest BCUT2D eigenvalue weighted by molar-refractivity contribution is -0.167. The van der Waals surface area contributed by atoms with E-state index in [4.69, 9.17) is 4.74 Å². The number of esters is 1. The highest BCUT2D eigenvalue weighted by Gasteiger charge is 2.77. The summed E-state index contributed by atoms with van der Waals surface area (Å²) in [6.45, 7) is 6.57. The van der Waals surface area contributed by atoms with Crippen LogP contribution in [0.1, 0.15) is 64.9 Å². The van der Waals surface area contributed by atoms with Gasteiger partial charge in [0.25, 0.3) is 0 Å². The van der Waals surface area contributed by atoms with E-state index in [2.05, 4.69) is 37.0 Å². The summed E-state index contributed by atoms with van der Waals surface area (Å²) < 4.78 is 6.06. The van der Waals surface area contributed by atoms with Crippen LogP contribution >= 0.6 is 0 Å². The van der Waals surface area contributed by atoms with Gasteiger partial charge in [-0.25, -0.2) is 0 Å². The molecule has 6 rings (SSSR count). The van der Waals surface area contributed by atoms with E-state index in [0.717, 1.165) is 18.3 Å². The van der Waals surface area contributed by atoms with E-state index >= 15 is 0 Å². The van der Waals surface area contributed by atoms with Gasteiger partial charge in [-0.2, -0.15) is 0 Å². The van der Waals surface area contributed by atoms with Crippen LogP contribution in [0, 0.1) is 34.0 Å². The second-order valence-electron chi connectivity index (χ2n) is 10.8. The topological polar surface area (TPSA) is 39.2 Å². The van der Waals surface area contributed by atoms with Gasteiger partial charge in [-0.05, 0) is 78.9 Å². The second-order valence-corrected chi connectivity index (χ2v) is 10.8. The second kappa shape index (κ2) is 5.62. The van der Waals surface area contributed by atoms with Crippen LogP contribution in [0.5, 0.6) is 0 Å². The summed E-state index contributed by atoms with van der Waals surface area (Å²) in [5, 5.41) is 0. The molecule has 0 N–H and O–H groups in total. The molecule has 0 bridgehead atoms. The number of hydrogen-bond acceptors (Lipinski definition) is 3. The number of rotatable bonds is 2. The highest BCUT2D eigenvalue weighted by molar-refractivity contribution is 5.78. The molecule has 3 nitrogen and oxygen atoms in total. The molecule has 29 heavy (non-hydrogen) atoms. The number of hydrogen-bond donors (Lipinski definition) is 0. The Hall–Kier alpha value is -1.90. The molecule has 0 aromatic carbocycles. The van der Waals surface area contributed by atoms with E-state index in [0.29, 0.717) is 11.3 Å². The van der Waals surface area contributed by atoms with Gasteiger partial charge >= 0.3 is 5.97 Å². The van der Waals surface area contributed by atoms with Crippen molar-refractivity contribution in [3.63, 3.8) is 0 Å². The van der Waals surface area contributed by atoms with Crippen molar-refractivity contribution < 1.29 is 9.53 Å². The molecule has 1 spiro atoms. The average Bonchev–Trinajstić information content (AvgIpc) is 3.21. The maximum absolute atomic E-state index is 12.0. The first-order valence-electron chi connectivity index (χ1n) is 11.4. The van der Waals surface area contributed by atoms with Crippen molar-refractivity contribution in [1.29, 1.82) is 0 Å². The Labute approximate surface area is 173 Å². The van der Waals surface area contributed by atoms with Crippen LogP contribution < -0.4 is 0 Å². The van der Waals surface area contributed by atoms with Gasteiger partial charge in [0.05, 0.1) is 0 Å². The van der Waals surface area contributed by atoms with E-state index in [-0.39, 0.29) is 22.9 Å². The van der Waals surface area contributed by atoms with E-state index in [9.17, 15) is 4.79 Å². The fourth-order valence-electron chi connectivity index (χ4n) is 8.56. The molecule has 3 unspecified atom stereocenters. The van der Waals surface area contributed by atoms with Gasteiger partial charge in [0.2, 0.25) is 0 Å². The third-order valence-corrected chi connectivity index (χ3v) is 9.87. The summed E-state index contributed by atoms with van der Waals surface area (Å²) >= 11 is 0. The zero-order valence-corrected chi connectivity index (χ0v) is 17.8. The van der Waals surface area contributed by atoms with Crippen molar-refractivity contribution in [2.24, 2.45) is 34.0 Å². The fraction of sp³-hybridized carbons (Fsp3) is 0.615. The van der Waals surface area contributed by atoms with Gasteiger partial charge in [0, 0.05) is 30.1 Å². The third-order valence-electron chi connectivity index (χ3n) is 9.87. The summed E-state index contributed by atoms with van der Waals surface area (Å²) in [7, 11) is 0. The average molecular weight is 390 g/mol. The minimum atomic E-state index is -0.101. The van der Waals surface area contributed by atoms with E-state index in [1.807, 2.05) is 18.5 Å². The Morgan fingerprint density at radius 1 is 1.21 bits per heavy atom. The standard InChI is InChI=1S/C26H31NO2/c1-16(28)29-23-13-19-21-7-6-20(17-5-4-12-27-15-17)24(21,2)10-9-22(19)25(3)11-8-18-14-26(18,23)25/h4-7,12,15,18-19,22-23H,8-11,13-14H2,1-3H3/t18?,19-,22-,23?,24+,25+,26?/m0/s1. The Bertz CT molecular complexity index is 949. The van der Waals surface area contributed by atoms with Crippen LogP contribution in [0.2, 0.25) is 0 Å². The zero-order valence-electron chi connectivity index (χ0n) is 17.8. The largest absolute Gasteiger partial charge is 0.462 e. The molecule has 5 aliphatic carbocycles. The molecule has 0 aliphatic heterocycles. The molecule has 5 aliphatic rings. The highest BCUT2D eigenvalue weighted by Crippen LogP contribution is 2.81. The van der Waals surface area contributed by atoms with Crippen molar-refractivity contribution in [2.45, 2.75) is 65.4 Å². The van der Waals surface area contributed by atoms with Gasteiger partial charge in [0.1, 0.15) is 6.10 Å². The van der Waals surface area contributed by atoms with Crippen molar-refractivity contribution >= 4 is 11.5 Å². The maximum Gasteiger partial charge on any atom is 0.302 e. The normalized spacial score (nSPS) is 46.6. The number of carbonyl (C=O) groups excluding carboxylic acids is 1. The van der Waals surface area contributed by atoms with Gasteiger partial charge in [0.15, 0.2) is 0 Å². The van der Waals surface area contributed by atoms with Crippen LogP contribution in [-0.2, 0) is 9.53 Å². The molecule has 1 aromatic heterocycles. The van der Waals surface area contributed by atoms with Crippen molar-refractivity contribution in [3.8, 4) is 0 Å². The molecule has 3 heteroatoms. The molecular weight excluding hydrogens is 358 g/mol. The summed E-state index contributed by atoms with van der Waals surface area (Å²) in [6.07, 6.45) is 16.1. The Kier molecular flexibility index (Phi) is 3.47. The number of ether oxygens (including phenoxy) is 1. The quantitative estimate of drug-likeness (QED) is 0.620. The van der Waals surface area contributed by atoms with Gasteiger partial charge in [-0.3, -0.25) is 9.78 Å². The summed E-state index contributed by atoms with van der Waals surface area (Å²) in [5.41, 5.74) is 4.94. The Morgan fingerprint density at radius 3 is 2.79 bits per heavy atom. The maximum atomic E-state index is 12.0. The number of allylic oxidation sites excluding steroid dienone is 4. The first-order chi connectivity index (χ1) is 13.9. The van der Waals surface area contributed by atoms with Crippen molar-refractivity contribution in [1.82, 2.24) is 4.98 Å². The first kappa shape index (κ1) is 17.9. The molecule has 4 saturated carbocycles. The molecule has 0 radical (unpaired) electrons. The minimum Gasteiger partial charge on any atom is -0.462 e. The molecule has 0 saturated heterocycles. The molecule has 7 atom stereocenters. The molecule has 152 valence electrons. The number of fused-ring (bicyclic) bond motifs is 4. The van der Waals surface area contributed by atoms with Gasteiger partial charge < -0.3 is 4.74 Å². The van der Waals surface area contributed by atoms with Crippen molar-refractivity contribution in [3.05, 3.63) is 47.8 Å². The van der Waals surface area contributed by atoms with Gasteiger partial charge in [-0.15, -0.1) is 0 Å². The molecular formula is C26H31NO2. The lowest BCUT2D eigenvalue weighted by Gasteiger charge is -2.58. The summed E-state index contributed by atoms with van der Waals surface area (Å²) in [5.74, 6) is 1.94. The minimum absolute atomic E-state index is 0.0907. The van der Waals surface area contributed by atoms with Crippen molar-refractivity contribution in [2.75, 3.05) is 0 Å². The first-order valence-corrected chi connectivity index (χ1v) is 11.4. The molecule has 1 heterocycles. The third kappa shape index (κ3) is 2.09. The van der Waals surface area contributed by atoms with Gasteiger partial charge in [-0.1, -0.05) is 37.6 Å². The number of pyridine rings is 1. The SMILES string of the molecule is CC(=O)OC1C[C@H]2C3=CC=C(c4cccnc4)[C@@]3(C)CC[C@@H]2[C@@]2(C)CCC3CC312. The monoisotopic (exact) mass is 389 g/mol. The van der Waals surface area contributed by atoms with E-state index < -0.39 is 0 Å². The molecule has 1 aromatic rings. The van der Waals surface area contributed by atoms with Crippen LogP contribution in [0.25, 0.3) is 5.57 Å². The zero-order chi connectivity index (χ0) is 20.0. The molecule has 0 amide bonds. The van der Waals surface area contributed by atoms with Crippen LogP contribution in [0.3, 0.4) is 0 Å². The van der Waals surface area contributed by atoms with E-state index in [1.165, 1.54) is 43.2 Å². The Balaban J connectivity index is 1.39. The highest BCUT2D eigenvalue weighted by atomic mass is 16.5. The fourth-order valence-corrected chi connectivity index (χ4v) is 8.56. The van der Waals surface area contributed by atoms with Crippen LogP contribution in [0.4, 0.5) is 0 Å². The predicted molar refractivity (Wildman–Crippen MR) is 113 cm³/mol. The number of nitrogens with zero attached hydrogens (tertiary/aromatic N) is 1. The predicted octanol–water partition coefficient (Wildman–Crippen LogP) is 5.58. The number of carbonyl (C=O) groups is 1. The lowest BCUT2D eigenvalue weighted by Crippen LogP contribution is -2.55. The molecule has 4 fully saturated rings. The smallest absolute Gasteiger partial charge is 0.302 e. The number of aromatic nitrogens is 1. The van der Waals surface area contributed by atoms with Crippen LogP contribution in [0.15, 0.2) is 42.3 Å². The summed E-state index contributed by atoms with van der Waals surface area (Å²) in [4.78, 5) is 16.4. The Morgan fingerprint density at radius 2 is 2.07 bits per heavy atom. The van der Waals surface area contributed by atoms with E-state index in [1.54, 1.807) is 12.5 Å². The summed E-state index contributed by atoms with van der Waals surface area (Å²) in [6, 6.07) is 4.23. The van der Waals surface area contributed by atoms with Crippen LogP contribution in [-0.4, -0.2) is 17.1 Å². The lowest BCUT2D eigenvalue weighted by atomic mass is 9.47.